The fourth-order valence-electron chi connectivity index (χ4n) is 3.67. The van der Waals surface area contributed by atoms with E-state index in [2.05, 4.69) is 37.9 Å². The number of rotatable bonds is 14. The zero-order valence-corrected chi connectivity index (χ0v) is 20.3. The number of amides is 1. The fraction of sp³-hybridized carbons (Fsp3) is 0.625. The lowest BCUT2D eigenvalue weighted by Gasteiger charge is -2.19. The molecule has 0 aliphatic rings. The standard InChI is InChI=1S/C24H38N4O2S/c1-5-8-9-13-19(4)25-22(29)18-31-24-26-21-15-11-10-14-20(21)23(30)28(24)17-12-16-27(6-2)7-3/h10-11,14-15,19H,5-9,12-13,16-18H2,1-4H3,(H,25,29). The molecular weight excluding hydrogens is 408 g/mol. The predicted octanol–water partition coefficient (Wildman–Crippen LogP) is 4.31. The highest BCUT2D eigenvalue weighted by molar-refractivity contribution is 7.99. The van der Waals surface area contributed by atoms with Crippen molar-refractivity contribution in [3.8, 4) is 0 Å². The summed E-state index contributed by atoms with van der Waals surface area (Å²) in [5.74, 6) is 0.255. The average Bonchev–Trinajstić information content (AvgIpc) is 2.77. The third-order valence-electron chi connectivity index (χ3n) is 5.56. The van der Waals surface area contributed by atoms with Gasteiger partial charge < -0.3 is 10.2 Å². The number of hydrogen-bond acceptors (Lipinski definition) is 5. The van der Waals surface area contributed by atoms with Gasteiger partial charge in [-0.15, -0.1) is 0 Å². The Kier molecular flexibility index (Phi) is 11.1. The highest BCUT2D eigenvalue weighted by Gasteiger charge is 2.14. The molecule has 6 nitrogen and oxygen atoms in total. The zero-order valence-electron chi connectivity index (χ0n) is 19.5. The van der Waals surface area contributed by atoms with E-state index < -0.39 is 0 Å². The van der Waals surface area contributed by atoms with Gasteiger partial charge in [-0.1, -0.05) is 63.9 Å². The quantitative estimate of drug-likeness (QED) is 0.266. The van der Waals surface area contributed by atoms with Gasteiger partial charge in [0.2, 0.25) is 5.91 Å². The first-order valence-electron chi connectivity index (χ1n) is 11.6. The number of nitrogens with zero attached hydrogens (tertiary/aromatic N) is 3. The molecule has 1 unspecified atom stereocenters. The third-order valence-corrected chi connectivity index (χ3v) is 6.53. The highest BCUT2D eigenvalue weighted by Crippen LogP contribution is 2.18. The molecule has 1 aromatic heterocycles. The van der Waals surface area contributed by atoms with Crippen molar-refractivity contribution < 1.29 is 4.79 Å². The Hall–Kier alpha value is -1.86. The molecule has 0 fully saturated rings. The number of thioether (sulfide) groups is 1. The molecule has 1 amide bonds. The van der Waals surface area contributed by atoms with Crippen molar-refractivity contribution in [2.45, 2.75) is 77.5 Å². The highest BCUT2D eigenvalue weighted by atomic mass is 32.2. The molecule has 2 aromatic rings. The average molecular weight is 447 g/mol. The Balaban J connectivity index is 2.09. The number of carbonyl (C=O) groups is 1. The molecular formula is C24H38N4O2S. The van der Waals surface area contributed by atoms with E-state index in [1.54, 1.807) is 4.57 Å². The maximum Gasteiger partial charge on any atom is 0.262 e. The number of para-hydroxylation sites is 1. The molecule has 1 heterocycles. The maximum absolute atomic E-state index is 13.1. The Morgan fingerprint density at radius 1 is 1.16 bits per heavy atom. The summed E-state index contributed by atoms with van der Waals surface area (Å²) in [4.78, 5) is 32.6. The predicted molar refractivity (Wildman–Crippen MR) is 131 cm³/mol. The smallest absolute Gasteiger partial charge is 0.262 e. The van der Waals surface area contributed by atoms with Crippen LogP contribution in [0, 0.1) is 0 Å². The summed E-state index contributed by atoms with van der Waals surface area (Å²) in [6.07, 6.45) is 5.36. The van der Waals surface area contributed by atoms with E-state index in [0.29, 0.717) is 22.6 Å². The molecule has 172 valence electrons. The number of nitrogens with one attached hydrogen (secondary N) is 1. The Labute approximate surface area is 190 Å². The second kappa shape index (κ2) is 13.5. The van der Waals surface area contributed by atoms with Crippen LogP contribution in [0.4, 0.5) is 0 Å². The van der Waals surface area contributed by atoms with Crippen LogP contribution in [0.5, 0.6) is 0 Å². The van der Waals surface area contributed by atoms with Crippen LogP contribution in [-0.2, 0) is 11.3 Å². The van der Waals surface area contributed by atoms with E-state index in [1.165, 1.54) is 24.6 Å². The van der Waals surface area contributed by atoms with Crippen LogP contribution in [0.2, 0.25) is 0 Å². The molecule has 0 bridgehead atoms. The summed E-state index contributed by atoms with van der Waals surface area (Å²) in [5, 5.41) is 4.32. The summed E-state index contributed by atoms with van der Waals surface area (Å²) in [7, 11) is 0. The summed E-state index contributed by atoms with van der Waals surface area (Å²) in [5.41, 5.74) is 0.657. The first-order chi connectivity index (χ1) is 15.0. The van der Waals surface area contributed by atoms with Crippen molar-refractivity contribution in [2.75, 3.05) is 25.4 Å². The van der Waals surface area contributed by atoms with E-state index >= 15 is 0 Å². The van der Waals surface area contributed by atoms with Crippen LogP contribution in [-0.4, -0.2) is 51.8 Å². The number of aromatic nitrogens is 2. The van der Waals surface area contributed by atoms with Gasteiger partial charge in [0.1, 0.15) is 0 Å². The molecule has 0 saturated heterocycles. The molecule has 7 heteroatoms. The first-order valence-corrected chi connectivity index (χ1v) is 12.6. The molecule has 0 saturated carbocycles. The second-order valence-electron chi connectivity index (χ2n) is 8.00. The van der Waals surface area contributed by atoms with Gasteiger partial charge in [-0.05, 0) is 51.5 Å². The molecule has 0 radical (unpaired) electrons. The maximum atomic E-state index is 13.1. The van der Waals surface area contributed by atoms with Crippen LogP contribution in [0.1, 0.15) is 59.8 Å². The van der Waals surface area contributed by atoms with E-state index in [4.69, 9.17) is 4.98 Å². The van der Waals surface area contributed by atoms with E-state index in [9.17, 15) is 9.59 Å². The summed E-state index contributed by atoms with van der Waals surface area (Å²) < 4.78 is 1.74. The second-order valence-corrected chi connectivity index (χ2v) is 8.94. The lowest BCUT2D eigenvalue weighted by molar-refractivity contribution is -0.119. The number of fused-ring (bicyclic) bond motifs is 1. The van der Waals surface area contributed by atoms with E-state index in [1.807, 2.05) is 24.3 Å². The van der Waals surface area contributed by atoms with Gasteiger partial charge in [-0.3, -0.25) is 14.2 Å². The van der Waals surface area contributed by atoms with Crippen molar-refractivity contribution in [1.29, 1.82) is 0 Å². The van der Waals surface area contributed by atoms with Gasteiger partial charge in [-0.2, -0.15) is 0 Å². The SMILES string of the molecule is CCCCCC(C)NC(=O)CSc1nc2ccccc2c(=O)n1CCCN(CC)CC. The Morgan fingerprint density at radius 3 is 2.61 bits per heavy atom. The van der Waals surface area contributed by atoms with Crippen LogP contribution in [0.15, 0.2) is 34.2 Å². The van der Waals surface area contributed by atoms with Crippen molar-refractivity contribution in [1.82, 2.24) is 19.8 Å². The van der Waals surface area contributed by atoms with Gasteiger partial charge in [0.15, 0.2) is 5.16 Å². The van der Waals surface area contributed by atoms with Gasteiger partial charge >= 0.3 is 0 Å². The van der Waals surface area contributed by atoms with E-state index in [0.717, 1.165) is 38.9 Å². The minimum atomic E-state index is -0.0269. The molecule has 31 heavy (non-hydrogen) atoms. The summed E-state index contributed by atoms with van der Waals surface area (Å²) >= 11 is 1.35. The zero-order chi connectivity index (χ0) is 22.6. The molecule has 1 atom stereocenters. The van der Waals surface area contributed by atoms with Crippen LogP contribution in [0.25, 0.3) is 10.9 Å². The van der Waals surface area contributed by atoms with Crippen molar-refractivity contribution in [2.24, 2.45) is 0 Å². The Morgan fingerprint density at radius 2 is 1.90 bits per heavy atom. The Bertz CT molecular complexity index is 879. The number of benzene rings is 1. The van der Waals surface area contributed by atoms with Crippen LogP contribution in [0.3, 0.4) is 0 Å². The first kappa shape index (κ1) is 25.4. The molecule has 1 N–H and O–H groups in total. The summed E-state index contributed by atoms with van der Waals surface area (Å²) in [6, 6.07) is 7.60. The van der Waals surface area contributed by atoms with Crippen molar-refractivity contribution in [3.05, 3.63) is 34.6 Å². The monoisotopic (exact) mass is 446 g/mol. The van der Waals surface area contributed by atoms with Crippen LogP contribution >= 0.6 is 11.8 Å². The van der Waals surface area contributed by atoms with E-state index in [-0.39, 0.29) is 23.3 Å². The molecule has 0 aliphatic carbocycles. The largest absolute Gasteiger partial charge is 0.353 e. The van der Waals surface area contributed by atoms with Gasteiger partial charge in [0.05, 0.1) is 16.7 Å². The fourth-order valence-corrected chi connectivity index (χ4v) is 4.50. The lowest BCUT2D eigenvalue weighted by atomic mass is 10.1. The molecule has 2 rings (SSSR count). The third kappa shape index (κ3) is 7.96. The van der Waals surface area contributed by atoms with Gasteiger partial charge in [0, 0.05) is 12.6 Å². The van der Waals surface area contributed by atoms with Crippen molar-refractivity contribution >= 4 is 28.6 Å². The number of hydrogen-bond donors (Lipinski definition) is 1. The topological polar surface area (TPSA) is 67.2 Å². The van der Waals surface area contributed by atoms with Gasteiger partial charge in [-0.25, -0.2) is 4.98 Å². The van der Waals surface area contributed by atoms with Crippen molar-refractivity contribution in [3.63, 3.8) is 0 Å². The number of unbranched alkanes of at least 4 members (excludes halogenated alkanes) is 2. The summed E-state index contributed by atoms with van der Waals surface area (Å²) in [6.45, 7) is 12.1. The minimum absolute atomic E-state index is 0.00824. The molecule has 1 aromatic carbocycles. The minimum Gasteiger partial charge on any atom is -0.353 e. The molecule has 0 spiro atoms. The molecule has 0 aliphatic heterocycles. The lowest BCUT2D eigenvalue weighted by Crippen LogP contribution is -2.34. The van der Waals surface area contributed by atoms with Gasteiger partial charge in [0.25, 0.3) is 5.56 Å². The normalized spacial score (nSPS) is 12.4. The van der Waals surface area contributed by atoms with Crippen LogP contribution < -0.4 is 10.9 Å². The number of carbonyl (C=O) groups excluding carboxylic acids is 1.